The average Bonchev–Trinajstić information content (AvgIpc) is 2.97. The van der Waals surface area contributed by atoms with Crippen molar-refractivity contribution < 1.29 is 13.2 Å². The molecule has 0 aromatic heterocycles. The smallest absolute Gasteiger partial charge is 0.264 e. The Kier molecular flexibility index (Phi) is 4.36. The number of fused-ring (bicyclic) bond motifs is 4. The summed E-state index contributed by atoms with van der Waals surface area (Å²) in [5.74, 6) is 0.836. The number of hydrogen-bond donors (Lipinski definition) is 0. The van der Waals surface area contributed by atoms with Gasteiger partial charge in [-0.3, -0.25) is 4.31 Å². The predicted molar refractivity (Wildman–Crippen MR) is 118 cm³/mol. The molecule has 1 unspecified atom stereocenters. The van der Waals surface area contributed by atoms with E-state index in [9.17, 15) is 8.42 Å². The second-order valence-electron chi connectivity index (χ2n) is 10.3. The standard InChI is InChI=1S/C24H31NO3S/c1-23(2,3)18-14-20-17(21(22(18)28-7)24(4,5)6)13-16-12-15-10-8-9-11-19(15)25(16)29(20,26)27/h8-11,14,16H,12-13H2,1-7H3. The fraction of sp³-hybridized carbons (Fsp3) is 0.500. The zero-order valence-corrected chi connectivity index (χ0v) is 19.3. The van der Waals surface area contributed by atoms with Gasteiger partial charge in [-0.1, -0.05) is 59.7 Å². The largest absolute Gasteiger partial charge is 0.496 e. The number of sulfonamides is 1. The van der Waals surface area contributed by atoms with Crippen molar-refractivity contribution in [3.8, 4) is 5.75 Å². The molecule has 2 aromatic carbocycles. The molecule has 4 nitrogen and oxygen atoms in total. The molecule has 0 spiro atoms. The fourth-order valence-corrected chi connectivity index (χ4v) is 6.88. The number of nitrogens with zero attached hydrogens (tertiary/aromatic N) is 1. The Hall–Kier alpha value is -2.01. The summed E-state index contributed by atoms with van der Waals surface area (Å²) in [6.45, 7) is 12.7. The van der Waals surface area contributed by atoms with Crippen LogP contribution >= 0.6 is 0 Å². The van der Waals surface area contributed by atoms with Crippen LogP contribution in [0.5, 0.6) is 5.75 Å². The predicted octanol–water partition coefficient (Wildman–Crippen LogP) is 4.97. The molecule has 0 radical (unpaired) electrons. The number of methoxy groups -OCH3 is 1. The summed E-state index contributed by atoms with van der Waals surface area (Å²) in [4.78, 5) is 0.445. The zero-order valence-electron chi connectivity index (χ0n) is 18.5. The topological polar surface area (TPSA) is 46.6 Å². The van der Waals surface area contributed by atoms with Crippen LogP contribution in [-0.4, -0.2) is 21.6 Å². The van der Waals surface area contributed by atoms with Gasteiger partial charge in [-0.15, -0.1) is 0 Å². The summed E-state index contributed by atoms with van der Waals surface area (Å²) < 4.78 is 35.4. The number of hydrogen-bond acceptors (Lipinski definition) is 3. The first-order valence-corrected chi connectivity index (χ1v) is 11.7. The maximum Gasteiger partial charge on any atom is 0.264 e. The van der Waals surface area contributed by atoms with E-state index < -0.39 is 10.0 Å². The third-order valence-electron chi connectivity index (χ3n) is 6.10. The highest BCUT2D eigenvalue weighted by atomic mass is 32.2. The van der Waals surface area contributed by atoms with Gasteiger partial charge in [0, 0.05) is 11.1 Å². The van der Waals surface area contributed by atoms with Crippen LogP contribution < -0.4 is 9.04 Å². The highest BCUT2D eigenvalue weighted by Crippen LogP contribution is 2.49. The van der Waals surface area contributed by atoms with E-state index in [1.165, 1.54) is 0 Å². The summed E-state index contributed by atoms with van der Waals surface area (Å²) >= 11 is 0. The van der Waals surface area contributed by atoms with Crippen molar-refractivity contribution in [1.82, 2.24) is 0 Å². The van der Waals surface area contributed by atoms with Gasteiger partial charge in [0.05, 0.1) is 23.7 Å². The minimum atomic E-state index is -3.65. The van der Waals surface area contributed by atoms with Crippen LogP contribution in [0.25, 0.3) is 0 Å². The summed E-state index contributed by atoms with van der Waals surface area (Å²) in [7, 11) is -1.95. The van der Waals surface area contributed by atoms with Gasteiger partial charge < -0.3 is 4.74 Å². The maximum atomic E-state index is 13.9. The van der Waals surface area contributed by atoms with Gasteiger partial charge in [-0.25, -0.2) is 8.42 Å². The van der Waals surface area contributed by atoms with Gasteiger partial charge in [0.15, 0.2) is 0 Å². The quantitative estimate of drug-likeness (QED) is 0.663. The number of anilines is 1. The van der Waals surface area contributed by atoms with E-state index in [0.717, 1.165) is 40.1 Å². The Labute approximate surface area is 174 Å². The Morgan fingerprint density at radius 1 is 1.00 bits per heavy atom. The molecule has 1 atom stereocenters. The monoisotopic (exact) mass is 413 g/mol. The van der Waals surface area contributed by atoms with E-state index in [0.29, 0.717) is 11.3 Å². The van der Waals surface area contributed by atoms with E-state index in [1.807, 2.05) is 30.3 Å². The zero-order chi connectivity index (χ0) is 21.4. The van der Waals surface area contributed by atoms with E-state index in [-0.39, 0.29) is 16.9 Å². The van der Waals surface area contributed by atoms with Crippen molar-refractivity contribution in [3.63, 3.8) is 0 Å². The second kappa shape index (κ2) is 6.24. The Bertz CT molecular complexity index is 1090. The van der Waals surface area contributed by atoms with Crippen molar-refractivity contribution in [2.75, 3.05) is 11.4 Å². The lowest BCUT2D eigenvalue weighted by Gasteiger charge is -2.38. The molecule has 2 aliphatic rings. The van der Waals surface area contributed by atoms with Gasteiger partial charge in [0.2, 0.25) is 0 Å². The first-order valence-electron chi connectivity index (χ1n) is 10.2. The van der Waals surface area contributed by atoms with Crippen molar-refractivity contribution in [2.45, 2.75) is 76.2 Å². The van der Waals surface area contributed by atoms with Gasteiger partial charge in [0.1, 0.15) is 5.75 Å². The first-order chi connectivity index (χ1) is 13.4. The molecule has 0 amide bonds. The molecule has 156 valence electrons. The van der Waals surface area contributed by atoms with Crippen molar-refractivity contribution in [1.29, 1.82) is 0 Å². The molecule has 0 fully saturated rings. The lowest BCUT2D eigenvalue weighted by Crippen LogP contribution is -2.44. The van der Waals surface area contributed by atoms with Crippen LogP contribution in [-0.2, 0) is 33.7 Å². The van der Waals surface area contributed by atoms with Gasteiger partial charge in [0.25, 0.3) is 10.0 Å². The van der Waals surface area contributed by atoms with Crippen molar-refractivity contribution in [3.05, 3.63) is 52.6 Å². The van der Waals surface area contributed by atoms with Crippen molar-refractivity contribution in [2.24, 2.45) is 0 Å². The molecule has 0 saturated carbocycles. The highest BCUT2D eigenvalue weighted by Gasteiger charge is 2.46. The number of para-hydroxylation sites is 1. The molecule has 2 aliphatic heterocycles. The molecular formula is C24H31NO3S. The maximum absolute atomic E-state index is 13.9. The Morgan fingerprint density at radius 2 is 1.66 bits per heavy atom. The number of ether oxygens (including phenoxy) is 1. The molecule has 0 aliphatic carbocycles. The highest BCUT2D eigenvalue weighted by molar-refractivity contribution is 7.93. The van der Waals surface area contributed by atoms with Gasteiger partial charge in [-0.2, -0.15) is 0 Å². The molecule has 4 rings (SSSR count). The first kappa shape index (κ1) is 20.3. The minimum absolute atomic E-state index is 0.0730. The third-order valence-corrected chi connectivity index (χ3v) is 8.03. The van der Waals surface area contributed by atoms with Crippen LogP contribution in [0.4, 0.5) is 5.69 Å². The minimum Gasteiger partial charge on any atom is -0.496 e. The third kappa shape index (κ3) is 2.97. The fourth-order valence-electron chi connectivity index (χ4n) is 4.93. The van der Waals surface area contributed by atoms with Crippen LogP contribution in [0.15, 0.2) is 35.2 Å². The van der Waals surface area contributed by atoms with Crippen LogP contribution in [0.2, 0.25) is 0 Å². The summed E-state index contributed by atoms with van der Waals surface area (Å²) in [6.07, 6.45) is 1.46. The van der Waals surface area contributed by atoms with Gasteiger partial charge >= 0.3 is 0 Å². The van der Waals surface area contributed by atoms with E-state index in [1.54, 1.807) is 11.4 Å². The lowest BCUT2D eigenvalue weighted by molar-refractivity contribution is 0.377. The van der Waals surface area contributed by atoms with Crippen molar-refractivity contribution >= 4 is 15.7 Å². The molecular weight excluding hydrogens is 382 g/mol. The van der Waals surface area contributed by atoms with Crippen LogP contribution in [0, 0.1) is 0 Å². The molecule has 0 N–H and O–H groups in total. The summed E-state index contributed by atoms with van der Waals surface area (Å²) in [5.41, 5.74) is 4.36. The van der Waals surface area contributed by atoms with Crippen LogP contribution in [0.1, 0.15) is 63.8 Å². The lowest BCUT2D eigenvalue weighted by atomic mass is 9.76. The summed E-state index contributed by atoms with van der Waals surface area (Å²) in [5, 5.41) is 0. The number of benzene rings is 2. The second-order valence-corrected chi connectivity index (χ2v) is 12.1. The molecule has 2 aromatic rings. The molecule has 0 saturated heterocycles. The van der Waals surface area contributed by atoms with Crippen LogP contribution in [0.3, 0.4) is 0 Å². The molecule has 0 bridgehead atoms. The molecule has 5 heteroatoms. The van der Waals surface area contributed by atoms with E-state index >= 15 is 0 Å². The summed E-state index contributed by atoms with van der Waals surface area (Å²) in [6, 6.07) is 9.67. The normalized spacial score (nSPS) is 20.1. The molecule has 29 heavy (non-hydrogen) atoms. The number of rotatable bonds is 1. The SMILES string of the molecule is COc1c(C(C)(C)C)cc2c(c1C(C)(C)C)CC1Cc3ccccc3N1S2(=O)=O. The Balaban J connectivity index is 2.07. The molecule has 2 heterocycles. The van der Waals surface area contributed by atoms with E-state index in [4.69, 9.17) is 4.74 Å². The van der Waals surface area contributed by atoms with Gasteiger partial charge in [-0.05, 0) is 46.9 Å². The Morgan fingerprint density at radius 3 is 2.24 bits per heavy atom. The van der Waals surface area contributed by atoms with E-state index in [2.05, 4.69) is 41.5 Å². The average molecular weight is 414 g/mol.